The van der Waals surface area contributed by atoms with Crippen LogP contribution >= 0.6 is 0 Å². The van der Waals surface area contributed by atoms with Gasteiger partial charge >= 0.3 is 18.9 Å². The summed E-state index contributed by atoms with van der Waals surface area (Å²) in [5.74, 6) is 2.12. The predicted molar refractivity (Wildman–Crippen MR) is 54.5 cm³/mol. The van der Waals surface area contributed by atoms with E-state index in [1.807, 2.05) is 43.6 Å². The zero-order chi connectivity index (χ0) is 9.10. The average molecular weight is 176 g/mol. The second-order valence-corrected chi connectivity index (χ2v) is 3.03. The predicted octanol–water partition coefficient (Wildman–Crippen LogP) is -2.36. The van der Waals surface area contributed by atoms with Crippen LogP contribution in [0, 0.1) is 6.20 Å². The molecule has 0 N–H and O–H groups in total. The van der Waals surface area contributed by atoms with Crippen LogP contribution in [0.3, 0.4) is 0 Å². The van der Waals surface area contributed by atoms with Crippen LogP contribution < -0.4 is 24.5 Å². The summed E-state index contributed by atoms with van der Waals surface area (Å²) in [6, 6.07) is 5.79. The molecule has 1 aromatic heterocycles. The molecule has 2 nitrogen and oxygen atoms in total. The van der Waals surface area contributed by atoms with E-state index in [1.54, 1.807) is 0 Å². The van der Waals surface area contributed by atoms with Crippen molar-refractivity contribution in [2.24, 2.45) is 0 Å². The van der Waals surface area contributed by atoms with Gasteiger partial charge in [0.2, 0.25) is 0 Å². The van der Waals surface area contributed by atoms with E-state index in [2.05, 4.69) is 22.0 Å². The van der Waals surface area contributed by atoms with E-state index in [4.69, 9.17) is 0 Å². The molecule has 0 aliphatic carbocycles. The summed E-state index contributed by atoms with van der Waals surface area (Å²) >= 11 is 0. The van der Waals surface area contributed by atoms with Gasteiger partial charge in [-0.1, -0.05) is 23.8 Å². The first-order valence-electron chi connectivity index (χ1n) is 4.28. The summed E-state index contributed by atoms with van der Waals surface area (Å²) in [6.45, 7) is 0.252. The molecular weight excluding hydrogens is 166 g/mol. The fourth-order valence-electron chi connectivity index (χ4n) is 1.39. The maximum absolute atomic E-state index is 4.20. The Morgan fingerprint density at radius 1 is 1.43 bits per heavy atom. The number of hydrogen-bond acceptors (Lipinski definition) is 2. The maximum atomic E-state index is 4.20. The zero-order valence-corrected chi connectivity index (χ0v) is 8.51. The number of nitrogens with zero attached hydrogens (tertiary/aromatic N) is 2. The summed E-state index contributed by atoms with van der Waals surface area (Å²) in [6.07, 6.45) is 8.94. The van der Waals surface area contributed by atoms with Gasteiger partial charge in [-0.25, -0.2) is 0 Å². The van der Waals surface area contributed by atoms with Crippen LogP contribution in [0.2, 0.25) is 0 Å². The average Bonchev–Trinajstić information content (AvgIpc) is 2.20. The van der Waals surface area contributed by atoms with Crippen molar-refractivity contribution in [2.45, 2.75) is 0 Å². The Morgan fingerprint density at radius 3 is 2.93 bits per heavy atom. The van der Waals surface area contributed by atoms with Gasteiger partial charge in [0, 0.05) is 0 Å². The normalized spacial score (nSPS) is 14.1. The van der Waals surface area contributed by atoms with E-state index in [-0.39, 0.29) is 25.7 Å². The van der Waals surface area contributed by atoms with E-state index in [0.29, 0.717) is 0 Å². The largest absolute Gasteiger partial charge is 1.00 e. The van der Waals surface area contributed by atoms with Gasteiger partial charge in [0.15, 0.2) is 0 Å². The molecule has 0 bridgehead atoms. The van der Waals surface area contributed by atoms with Gasteiger partial charge in [0.1, 0.15) is 0 Å². The van der Waals surface area contributed by atoms with Crippen molar-refractivity contribution < 1.29 is 18.9 Å². The van der Waals surface area contributed by atoms with Crippen LogP contribution in [0.5, 0.6) is 0 Å². The third-order valence-corrected chi connectivity index (χ3v) is 2.10. The number of aromatic nitrogens is 1. The summed E-state index contributed by atoms with van der Waals surface area (Å²) < 4.78 is 0. The SMILES string of the molecule is CN1C=CC=CB1c1ccc[c-]n1.[Li+]. The van der Waals surface area contributed by atoms with Crippen LogP contribution in [0.4, 0.5) is 0 Å². The molecule has 14 heavy (non-hydrogen) atoms. The Bertz CT molecular complexity index is 337. The molecule has 1 aromatic rings. The molecule has 1 aliphatic heterocycles. The molecular formula is C10H10BLiN2. The maximum Gasteiger partial charge on any atom is 1.00 e. The molecule has 1 aliphatic rings. The van der Waals surface area contributed by atoms with Gasteiger partial charge in [-0.2, -0.15) is 18.2 Å². The van der Waals surface area contributed by atoms with E-state index in [1.165, 1.54) is 0 Å². The first-order valence-corrected chi connectivity index (χ1v) is 4.28. The minimum Gasteiger partial charge on any atom is -0.425 e. The Labute approximate surface area is 97.0 Å². The molecule has 0 unspecified atom stereocenters. The van der Waals surface area contributed by atoms with Crippen LogP contribution in [-0.4, -0.2) is 23.7 Å². The molecule has 0 amide bonds. The van der Waals surface area contributed by atoms with Crippen molar-refractivity contribution >= 4 is 12.4 Å². The van der Waals surface area contributed by atoms with E-state index in [0.717, 1.165) is 5.59 Å². The van der Waals surface area contributed by atoms with Gasteiger partial charge in [-0.15, -0.1) is 0 Å². The first-order chi connectivity index (χ1) is 6.38. The first kappa shape index (κ1) is 11.2. The van der Waals surface area contributed by atoms with Gasteiger partial charge in [-0.3, -0.25) is 0 Å². The van der Waals surface area contributed by atoms with E-state index in [9.17, 15) is 0 Å². The van der Waals surface area contributed by atoms with E-state index < -0.39 is 0 Å². The molecule has 0 saturated heterocycles. The minimum absolute atomic E-state index is 0. The fourth-order valence-corrected chi connectivity index (χ4v) is 1.39. The van der Waals surface area contributed by atoms with Crippen molar-refractivity contribution in [1.29, 1.82) is 0 Å². The van der Waals surface area contributed by atoms with Crippen molar-refractivity contribution in [3.63, 3.8) is 0 Å². The Kier molecular flexibility index (Phi) is 4.06. The molecule has 0 radical (unpaired) electrons. The van der Waals surface area contributed by atoms with Crippen molar-refractivity contribution in [1.82, 2.24) is 9.79 Å². The monoisotopic (exact) mass is 176 g/mol. The molecule has 2 heterocycles. The van der Waals surface area contributed by atoms with E-state index >= 15 is 0 Å². The molecule has 64 valence electrons. The van der Waals surface area contributed by atoms with Crippen LogP contribution in [-0.2, 0) is 0 Å². The standard InChI is InChI=1S/C10H10BN2.Li/c1-13-9-5-3-7-11(13)10-6-2-4-8-12-10;/h2-7,9H,1H3;/q-1;+1. The quantitative estimate of drug-likeness (QED) is 0.351. The molecule has 0 spiro atoms. The summed E-state index contributed by atoms with van der Waals surface area (Å²) in [7, 11) is 2.04. The van der Waals surface area contributed by atoms with Gasteiger partial charge in [0.25, 0.3) is 6.85 Å². The smallest absolute Gasteiger partial charge is 0.425 e. The topological polar surface area (TPSA) is 16.1 Å². The third kappa shape index (κ3) is 2.31. The Balaban J connectivity index is 0.000000980. The fraction of sp³-hybridized carbons (Fsp3) is 0.100. The molecule has 0 atom stereocenters. The molecule has 4 heteroatoms. The molecule has 2 rings (SSSR count). The summed E-state index contributed by atoms with van der Waals surface area (Å²) in [4.78, 5) is 6.32. The molecule has 0 saturated carbocycles. The van der Waals surface area contributed by atoms with Crippen LogP contribution in [0.1, 0.15) is 0 Å². The zero-order valence-electron chi connectivity index (χ0n) is 8.51. The molecule has 0 aromatic carbocycles. The number of rotatable bonds is 1. The summed E-state index contributed by atoms with van der Waals surface area (Å²) in [5, 5.41) is 0. The van der Waals surface area contributed by atoms with Gasteiger partial charge in [-0.05, 0) is 19.3 Å². The third-order valence-electron chi connectivity index (χ3n) is 2.10. The number of pyridine rings is 1. The van der Waals surface area contributed by atoms with Gasteiger partial charge < -0.3 is 9.79 Å². The van der Waals surface area contributed by atoms with Gasteiger partial charge in [0.05, 0.1) is 0 Å². The Morgan fingerprint density at radius 2 is 2.29 bits per heavy atom. The van der Waals surface area contributed by atoms with Crippen LogP contribution in [0.25, 0.3) is 0 Å². The number of allylic oxidation sites excluding steroid dienone is 2. The van der Waals surface area contributed by atoms with Crippen molar-refractivity contribution in [3.8, 4) is 0 Å². The van der Waals surface area contributed by atoms with Crippen molar-refractivity contribution in [2.75, 3.05) is 7.05 Å². The number of hydrogen-bond donors (Lipinski definition) is 0. The Hall–Kier alpha value is -0.908. The second-order valence-electron chi connectivity index (χ2n) is 3.03. The van der Waals surface area contributed by atoms with Crippen LogP contribution in [0.15, 0.2) is 42.5 Å². The van der Waals surface area contributed by atoms with Crippen molar-refractivity contribution in [3.05, 3.63) is 48.7 Å². The summed E-state index contributed by atoms with van der Waals surface area (Å²) in [5.41, 5.74) is 1.03. The minimum atomic E-state index is 0. The second kappa shape index (κ2) is 5.09. The molecule has 0 fully saturated rings.